The number of hydrogen-bond acceptors (Lipinski definition) is 2. The largest absolute Gasteiger partial charge is 0.316 e. The van der Waals surface area contributed by atoms with Crippen molar-refractivity contribution in [2.45, 2.75) is 33.2 Å². The van der Waals surface area contributed by atoms with Crippen LogP contribution in [0.1, 0.15) is 30.9 Å². The van der Waals surface area contributed by atoms with Gasteiger partial charge in [-0.05, 0) is 62.5 Å². The zero-order valence-corrected chi connectivity index (χ0v) is 13.7. The van der Waals surface area contributed by atoms with E-state index in [-0.39, 0.29) is 0 Å². The maximum Gasteiger partial charge on any atom is 0.0244 e. The van der Waals surface area contributed by atoms with E-state index in [1.807, 2.05) is 0 Å². The molecule has 1 aliphatic rings. The first-order chi connectivity index (χ1) is 9.19. The lowest BCUT2D eigenvalue weighted by atomic mass is 9.99. The normalized spacial score (nSPS) is 19.9. The SMILES string of the molecule is CCN(Cc1ccc(C)cc1Br)CC1CCCNC1. The molecule has 3 heteroatoms. The second-order valence-electron chi connectivity index (χ2n) is 5.63. The molecule has 1 saturated heterocycles. The third-order valence-electron chi connectivity index (χ3n) is 3.97. The Bertz CT molecular complexity index is 400. The molecule has 0 aliphatic carbocycles. The summed E-state index contributed by atoms with van der Waals surface area (Å²) in [7, 11) is 0. The fourth-order valence-corrected chi connectivity index (χ4v) is 3.39. The molecule has 1 aromatic rings. The number of piperidine rings is 1. The predicted molar refractivity (Wildman–Crippen MR) is 85.4 cm³/mol. The third-order valence-corrected chi connectivity index (χ3v) is 4.70. The van der Waals surface area contributed by atoms with Crippen molar-refractivity contribution >= 4 is 15.9 Å². The van der Waals surface area contributed by atoms with Crippen LogP contribution in [0, 0.1) is 12.8 Å². The molecule has 1 atom stereocenters. The topological polar surface area (TPSA) is 15.3 Å². The average molecular weight is 325 g/mol. The van der Waals surface area contributed by atoms with Gasteiger partial charge in [0, 0.05) is 17.6 Å². The fraction of sp³-hybridized carbons (Fsp3) is 0.625. The van der Waals surface area contributed by atoms with Gasteiger partial charge in [-0.25, -0.2) is 0 Å². The number of hydrogen-bond donors (Lipinski definition) is 1. The summed E-state index contributed by atoms with van der Waals surface area (Å²) in [6, 6.07) is 6.67. The quantitative estimate of drug-likeness (QED) is 0.890. The molecular weight excluding hydrogens is 300 g/mol. The Labute approximate surface area is 125 Å². The summed E-state index contributed by atoms with van der Waals surface area (Å²) < 4.78 is 1.24. The van der Waals surface area contributed by atoms with Crippen molar-refractivity contribution < 1.29 is 0 Å². The summed E-state index contributed by atoms with van der Waals surface area (Å²) in [6.45, 7) is 10.2. The van der Waals surface area contributed by atoms with Gasteiger partial charge in [-0.1, -0.05) is 35.0 Å². The van der Waals surface area contributed by atoms with Gasteiger partial charge >= 0.3 is 0 Å². The number of rotatable bonds is 5. The van der Waals surface area contributed by atoms with E-state index >= 15 is 0 Å². The van der Waals surface area contributed by atoms with Gasteiger partial charge in [0.05, 0.1) is 0 Å². The highest BCUT2D eigenvalue weighted by Gasteiger charge is 2.16. The highest BCUT2D eigenvalue weighted by molar-refractivity contribution is 9.10. The number of nitrogens with zero attached hydrogens (tertiary/aromatic N) is 1. The van der Waals surface area contributed by atoms with Crippen LogP contribution in [0.5, 0.6) is 0 Å². The van der Waals surface area contributed by atoms with Crippen LogP contribution in [-0.2, 0) is 6.54 Å². The van der Waals surface area contributed by atoms with E-state index in [0.29, 0.717) is 0 Å². The fourth-order valence-electron chi connectivity index (χ4n) is 2.77. The number of halogens is 1. The van der Waals surface area contributed by atoms with E-state index in [1.165, 1.54) is 48.1 Å². The first-order valence-corrected chi connectivity index (χ1v) is 8.16. The summed E-state index contributed by atoms with van der Waals surface area (Å²) in [5.41, 5.74) is 2.71. The lowest BCUT2D eigenvalue weighted by Crippen LogP contribution is -2.38. The van der Waals surface area contributed by atoms with E-state index in [1.54, 1.807) is 0 Å². The molecule has 0 radical (unpaired) electrons. The molecule has 106 valence electrons. The zero-order chi connectivity index (χ0) is 13.7. The van der Waals surface area contributed by atoms with Gasteiger partial charge in [0.1, 0.15) is 0 Å². The molecule has 1 aromatic carbocycles. The summed E-state index contributed by atoms with van der Waals surface area (Å²) in [5.74, 6) is 0.818. The molecule has 1 unspecified atom stereocenters. The van der Waals surface area contributed by atoms with Gasteiger partial charge < -0.3 is 5.32 Å². The molecular formula is C16H25BrN2. The smallest absolute Gasteiger partial charge is 0.0244 e. The molecule has 1 heterocycles. The van der Waals surface area contributed by atoms with Crippen molar-refractivity contribution in [2.75, 3.05) is 26.2 Å². The van der Waals surface area contributed by atoms with Crippen molar-refractivity contribution in [3.05, 3.63) is 33.8 Å². The summed E-state index contributed by atoms with van der Waals surface area (Å²) in [6.07, 6.45) is 2.70. The maximum absolute atomic E-state index is 3.69. The highest BCUT2D eigenvalue weighted by atomic mass is 79.9. The van der Waals surface area contributed by atoms with Gasteiger partial charge in [0.15, 0.2) is 0 Å². The highest BCUT2D eigenvalue weighted by Crippen LogP contribution is 2.21. The average Bonchev–Trinajstić information content (AvgIpc) is 2.42. The summed E-state index contributed by atoms with van der Waals surface area (Å²) >= 11 is 3.69. The van der Waals surface area contributed by atoms with Crippen LogP contribution in [0.4, 0.5) is 0 Å². The molecule has 1 fully saturated rings. The minimum absolute atomic E-state index is 0.818. The molecule has 2 nitrogen and oxygen atoms in total. The van der Waals surface area contributed by atoms with Gasteiger partial charge in [0.2, 0.25) is 0 Å². The molecule has 0 amide bonds. The molecule has 1 aliphatic heterocycles. The standard InChI is InChI=1S/C16H25BrN2/c1-3-19(11-14-5-4-8-18-10-14)12-15-7-6-13(2)9-16(15)17/h6-7,9,14,18H,3-5,8,10-12H2,1-2H3. The van der Waals surface area contributed by atoms with Crippen molar-refractivity contribution in [1.29, 1.82) is 0 Å². The second kappa shape index (κ2) is 7.41. The summed E-state index contributed by atoms with van der Waals surface area (Å²) in [4.78, 5) is 2.56. The van der Waals surface area contributed by atoms with Gasteiger partial charge in [0.25, 0.3) is 0 Å². The number of aryl methyl sites for hydroxylation is 1. The number of benzene rings is 1. The second-order valence-corrected chi connectivity index (χ2v) is 6.49. The van der Waals surface area contributed by atoms with Gasteiger partial charge in [-0.3, -0.25) is 4.90 Å². The predicted octanol–water partition coefficient (Wildman–Crippen LogP) is 3.58. The van der Waals surface area contributed by atoms with Crippen molar-refractivity contribution in [3.8, 4) is 0 Å². The molecule has 2 rings (SSSR count). The van der Waals surface area contributed by atoms with E-state index in [2.05, 4.69) is 58.2 Å². The van der Waals surface area contributed by atoms with Crippen LogP contribution in [0.25, 0.3) is 0 Å². The van der Waals surface area contributed by atoms with Crippen molar-refractivity contribution in [1.82, 2.24) is 10.2 Å². The summed E-state index contributed by atoms with van der Waals surface area (Å²) in [5, 5.41) is 3.51. The van der Waals surface area contributed by atoms with Crippen molar-refractivity contribution in [2.24, 2.45) is 5.92 Å². The molecule has 19 heavy (non-hydrogen) atoms. The lowest BCUT2D eigenvalue weighted by Gasteiger charge is -2.29. The molecule has 0 saturated carbocycles. The minimum Gasteiger partial charge on any atom is -0.316 e. The Balaban J connectivity index is 1.94. The number of nitrogens with one attached hydrogen (secondary N) is 1. The van der Waals surface area contributed by atoms with Crippen LogP contribution in [0.2, 0.25) is 0 Å². The first-order valence-electron chi connectivity index (χ1n) is 7.37. The van der Waals surface area contributed by atoms with Crippen LogP contribution in [0.3, 0.4) is 0 Å². The van der Waals surface area contributed by atoms with E-state index in [0.717, 1.165) is 19.0 Å². The van der Waals surface area contributed by atoms with Crippen LogP contribution in [-0.4, -0.2) is 31.1 Å². The Morgan fingerprint density at radius 1 is 1.42 bits per heavy atom. The van der Waals surface area contributed by atoms with Crippen LogP contribution in [0.15, 0.2) is 22.7 Å². The maximum atomic E-state index is 3.69. The van der Waals surface area contributed by atoms with Crippen molar-refractivity contribution in [3.63, 3.8) is 0 Å². The van der Waals surface area contributed by atoms with E-state index < -0.39 is 0 Å². The Morgan fingerprint density at radius 2 is 2.26 bits per heavy atom. The van der Waals surface area contributed by atoms with E-state index in [9.17, 15) is 0 Å². The third kappa shape index (κ3) is 4.59. The van der Waals surface area contributed by atoms with E-state index in [4.69, 9.17) is 0 Å². The Kier molecular flexibility index (Phi) is 5.86. The first kappa shape index (κ1) is 15.0. The molecule has 0 spiro atoms. The Morgan fingerprint density at radius 3 is 2.89 bits per heavy atom. The lowest BCUT2D eigenvalue weighted by molar-refractivity contribution is 0.209. The zero-order valence-electron chi connectivity index (χ0n) is 12.1. The minimum atomic E-state index is 0.818. The van der Waals surface area contributed by atoms with Crippen LogP contribution < -0.4 is 5.32 Å². The monoisotopic (exact) mass is 324 g/mol. The molecule has 0 aromatic heterocycles. The molecule has 1 N–H and O–H groups in total. The Hall–Kier alpha value is -0.380. The van der Waals surface area contributed by atoms with Gasteiger partial charge in [-0.2, -0.15) is 0 Å². The molecule has 0 bridgehead atoms. The van der Waals surface area contributed by atoms with Crippen LogP contribution >= 0.6 is 15.9 Å². The van der Waals surface area contributed by atoms with Gasteiger partial charge in [-0.15, -0.1) is 0 Å².